The van der Waals surface area contributed by atoms with Crippen LogP contribution >= 0.6 is 0 Å². The van der Waals surface area contributed by atoms with Crippen LogP contribution in [-0.2, 0) is 10.8 Å². The average Bonchev–Trinajstić information content (AvgIpc) is 3.25. The second-order valence-electron chi connectivity index (χ2n) is 17.8. The van der Waals surface area contributed by atoms with Gasteiger partial charge >= 0.3 is 0 Å². The molecule has 4 bridgehead atoms. The largest absolute Gasteiger partial charge is 0.310 e. The summed E-state index contributed by atoms with van der Waals surface area (Å²) in [5.74, 6) is 3.22. The van der Waals surface area contributed by atoms with Crippen molar-refractivity contribution in [2.75, 3.05) is 4.90 Å². The van der Waals surface area contributed by atoms with Crippen molar-refractivity contribution >= 4 is 17.1 Å². The standard InChI is InChI=1S/C55H49N/c1-54(2)50-15-9-10-16-52(50)55(45-32-37-31-38(34-45)35-46(55)33-37)53-36-49(29-30-51(53)54)56(47-25-21-43(22-26-47)40-13-7-4-8-14-40)48-27-23-44(24-28-48)42-19-17-41(18-20-42)39-11-5-3-6-12-39/h3-30,36-38,45-46H,31-35H2,1-2H3. The predicted octanol–water partition coefficient (Wildman–Crippen LogP) is 14.5. The molecule has 0 N–H and O–H groups in total. The van der Waals surface area contributed by atoms with E-state index in [-0.39, 0.29) is 10.8 Å². The molecule has 1 spiro atoms. The van der Waals surface area contributed by atoms with E-state index >= 15 is 0 Å². The summed E-state index contributed by atoms with van der Waals surface area (Å²) in [5.41, 5.74) is 17.3. The summed E-state index contributed by atoms with van der Waals surface area (Å²) >= 11 is 0. The average molecular weight is 724 g/mol. The van der Waals surface area contributed by atoms with Gasteiger partial charge in [0.05, 0.1) is 0 Å². The molecule has 12 rings (SSSR count). The molecule has 0 saturated heterocycles. The highest BCUT2D eigenvalue weighted by molar-refractivity contribution is 5.81. The Kier molecular flexibility index (Phi) is 7.79. The lowest BCUT2D eigenvalue weighted by atomic mass is 9.39. The van der Waals surface area contributed by atoms with Gasteiger partial charge in [0, 0.05) is 27.9 Å². The zero-order valence-electron chi connectivity index (χ0n) is 32.5. The molecule has 0 aromatic heterocycles. The van der Waals surface area contributed by atoms with Crippen LogP contribution in [0.25, 0.3) is 33.4 Å². The van der Waals surface area contributed by atoms with Gasteiger partial charge in [0.25, 0.3) is 0 Å². The molecular formula is C55H49N. The van der Waals surface area contributed by atoms with Crippen LogP contribution in [-0.4, -0.2) is 0 Å². The Morgan fingerprint density at radius 1 is 0.357 bits per heavy atom. The van der Waals surface area contributed by atoms with E-state index in [4.69, 9.17) is 0 Å². The third kappa shape index (κ3) is 5.20. The van der Waals surface area contributed by atoms with Crippen LogP contribution in [0.3, 0.4) is 0 Å². The fourth-order valence-electron chi connectivity index (χ4n) is 12.2. The summed E-state index contributed by atoms with van der Waals surface area (Å²) in [7, 11) is 0. The van der Waals surface area contributed by atoms with Gasteiger partial charge in [-0.3, -0.25) is 0 Å². The van der Waals surface area contributed by atoms with Crippen molar-refractivity contribution in [3.05, 3.63) is 198 Å². The first-order valence-corrected chi connectivity index (χ1v) is 20.9. The number of hydrogen-bond donors (Lipinski definition) is 0. The van der Waals surface area contributed by atoms with Crippen molar-refractivity contribution < 1.29 is 0 Å². The van der Waals surface area contributed by atoms with Crippen molar-refractivity contribution in [3.63, 3.8) is 0 Å². The summed E-state index contributed by atoms with van der Waals surface area (Å²) in [6.07, 6.45) is 6.98. The maximum atomic E-state index is 2.65. The van der Waals surface area contributed by atoms with E-state index in [0.29, 0.717) is 11.8 Å². The fourth-order valence-corrected chi connectivity index (χ4v) is 12.2. The molecule has 274 valence electrons. The molecule has 5 aliphatic carbocycles. The lowest BCUT2D eigenvalue weighted by molar-refractivity contribution is -0.0443. The molecule has 0 atom stereocenters. The van der Waals surface area contributed by atoms with Gasteiger partial charge in [-0.1, -0.05) is 153 Å². The minimum Gasteiger partial charge on any atom is -0.310 e. The molecule has 56 heavy (non-hydrogen) atoms. The number of hydrogen-bond acceptors (Lipinski definition) is 1. The van der Waals surface area contributed by atoms with Crippen molar-refractivity contribution in [2.24, 2.45) is 23.7 Å². The van der Waals surface area contributed by atoms with E-state index in [2.05, 4.69) is 195 Å². The third-order valence-electron chi connectivity index (χ3n) is 14.5. The summed E-state index contributed by atoms with van der Waals surface area (Å²) in [6.45, 7) is 4.94. The van der Waals surface area contributed by atoms with E-state index in [9.17, 15) is 0 Å². The SMILES string of the molecule is CC1(C)c2ccccc2C2(c3cc(N(c4ccc(-c5ccccc5)cc4)c4ccc(-c5ccc(-c6ccccc6)cc5)cc4)ccc31)C1CC3CC(C1)CC2C3. The molecule has 1 nitrogen and oxygen atoms in total. The van der Waals surface area contributed by atoms with Gasteiger partial charge in [-0.2, -0.15) is 0 Å². The normalized spacial score (nSPS) is 23.8. The molecule has 0 radical (unpaired) electrons. The van der Waals surface area contributed by atoms with Crippen molar-refractivity contribution in [1.29, 1.82) is 0 Å². The first-order chi connectivity index (χ1) is 27.5. The van der Waals surface area contributed by atoms with Gasteiger partial charge in [0.2, 0.25) is 0 Å². The number of rotatable bonds is 6. The fraction of sp³-hybridized carbons (Fsp3) is 0.236. The van der Waals surface area contributed by atoms with Gasteiger partial charge in [-0.05, 0) is 148 Å². The Morgan fingerprint density at radius 3 is 1.21 bits per heavy atom. The monoisotopic (exact) mass is 723 g/mol. The number of fused-ring (bicyclic) bond motifs is 2. The van der Waals surface area contributed by atoms with Crippen molar-refractivity contribution in [3.8, 4) is 33.4 Å². The van der Waals surface area contributed by atoms with Crippen LogP contribution in [0.2, 0.25) is 0 Å². The van der Waals surface area contributed by atoms with Crippen molar-refractivity contribution in [1.82, 2.24) is 0 Å². The van der Waals surface area contributed by atoms with Gasteiger partial charge in [-0.25, -0.2) is 0 Å². The van der Waals surface area contributed by atoms with Crippen LogP contribution in [0.1, 0.15) is 68.2 Å². The Morgan fingerprint density at radius 2 is 0.732 bits per heavy atom. The quantitative estimate of drug-likeness (QED) is 0.165. The third-order valence-corrected chi connectivity index (χ3v) is 14.5. The van der Waals surface area contributed by atoms with Gasteiger partial charge in [-0.15, -0.1) is 0 Å². The maximum absolute atomic E-state index is 2.65. The van der Waals surface area contributed by atoms with Crippen LogP contribution in [0.4, 0.5) is 17.1 Å². The van der Waals surface area contributed by atoms with E-state index in [1.165, 1.54) is 88.1 Å². The number of anilines is 3. The highest BCUT2D eigenvalue weighted by Crippen LogP contribution is 2.69. The molecule has 0 unspecified atom stereocenters. The van der Waals surface area contributed by atoms with E-state index in [1.807, 2.05) is 0 Å². The molecule has 4 fully saturated rings. The minimum absolute atomic E-state index is 0.0652. The van der Waals surface area contributed by atoms with Gasteiger partial charge in [0.1, 0.15) is 0 Å². The molecule has 1 heteroatoms. The maximum Gasteiger partial charge on any atom is 0.0464 e. The van der Waals surface area contributed by atoms with Crippen LogP contribution in [0.5, 0.6) is 0 Å². The highest BCUT2D eigenvalue weighted by Gasteiger charge is 2.62. The smallest absolute Gasteiger partial charge is 0.0464 e. The van der Waals surface area contributed by atoms with E-state index in [0.717, 1.165) is 11.8 Å². The Labute approximate surface area is 332 Å². The second-order valence-corrected chi connectivity index (χ2v) is 17.8. The molecule has 4 saturated carbocycles. The molecule has 0 amide bonds. The first-order valence-electron chi connectivity index (χ1n) is 20.9. The number of benzene rings is 7. The molecule has 5 aliphatic rings. The zero-order valence-corrected chi connectivity index (χ0v) is 32.5. The van der Waals surface area contributed by atoms with Crippen LogP contribution in [0, 0.1) is 23.7 Å². The summed E-state index contributed by atoms with van der Waals surface area (Å²) in [5, 5.41) is 0. The molecule has 0 heterocycles. The van der Waals surface area contributed by atoms with Gasteiger partial charge < -0.3 is 4.90 Å². The summed E-state index contributed by atoms with van der Waals surface area (Å²) in [4.78, 5) is 2.51. The number of nitrogens with zero attached hydrogens (tertiary/aromatic N) is 1. The lowest BCUT2D eigenvalue weighted by Gasteiger charge is -2.64. The predicted molar refractivity (Wildman–Crippen MR) is 234 cm³/mol. The Balaban J connectivity index is 1.04. The van der Waals surface area contributed by atoms with Crippen molar-refractivity contribution in [2.45, 2.75) is 56.8 Å². The van der Waals surface area contributed by atoms with E-state index < -0.39 is 0 Å². The van der Waals surface area contributed by atoms with E-state index in [1.54, 1.807) is 16.7 Å². The second kappa shape index (κ2) is 13.0. The molecular weight excluding hydrogens is 675 g/mol. The summed E-state index contributed by atoms with van der Waals surface area (Å²) in [6, 6.07) is 66.0. The van der Waals surface area contributed by atoms with Gasteiger partial charge in [0.15, 0.2) is 0 Å². The minimum atomic E-state index is -0.0652. The topological polar surface area (TPSA) is 3.24 Å². The summed E-state index contributed by atoms with van der Waals surface area (Å²) < 4.78 is 0. The Bertz CT molecular complexity index is 2500. The highest BCUT2D eigenvalue weighted by atomic mass is 15.1. The van der Waals surface area contributed by atoms with Crippen LogP contribution < -0.4 is 4.90 Å². The van der Waals surface area contributed by atoms with Crippen LogP contribution in [0.15, 0.2) is 176 Å². The first kappa shape index (κ1) is 33.7. The molecule has 7 aromatic rings. The molecule has 0 aliphatic heterocycles. The zero-order chi connectivity index (χ0) is 37.4. The Hall–Kier alpha value is -5.66. The lowest BCUT2D eigenvalue weighted by Crippen LogP contribution is -2.58. The molecule has 7 aromatic carbocycles.